The molecule has 0 aliphatic rings. The molecule has 98 valence electrons. The Kier molecular flexibility index (Phi) is 6.08. The number of hydrogen-bond acceptors (Lipinski definition) is 3. The van der Waals surface area contributed by atoms with Gasteiger partial charge in [-0.3, -0.25) is 0 Å². The molecule has 18 heavy (non-hydrogen) atoms. The van der Waals surface area contributed by atoms with Crippen molar-refractivity contribution in [3.05, 3.63) is 47.8 Å². The van der Waals surface area contributed by atoms with Gasteiger partial charge in [-0.05, 0) is 31.5 Å². The van der Waals surface area contributed by atoms with E-state index in [1.54, 1.807) is 19.1 Å². The first kappa shape index (κ1) is 14.4. The normalized spacial score (nSPS) is 12.6. The zero-order valence-electron chi connectivity index (χ0n) is 10.7. The van der Waals surface area contributed by atoms with Crippen molar-refractivity contribution >= 4 is 5.97 Å². The minimum Gasteiger partial charge on any atom is -0.463 e. The number of carbonyl (C=O) groups is 1. The number of benzene rings is 1. The third kappa shape index (κ3) is 5.10. The van der Waals surface area contributed by atoms with E-state index in [-0.39, 0.29) is 17.8 Å². The molecule has 3 nitrogen and oxygen atoms in total. The van der Waals surface area contributed by atoms with Gasteiger partial charge in [0.1, 0.15) is 5.82 Å². The van der Waals surface area contributed by atoms with E-state index < -0.39 is 0 Å². The maximum atomic E-state index is 13.0. The third-order valence-electron chi connectivity index (χ3n) is 2.43. The average molecular weight is 251 g/mol. The van der Waals surface area contributed by atoms with Gasteiger partial charge in [0, 0.05) is 18.7 Å². The first-order chi connectivity index (χ1) is 8.63. The summed E-state index contributed by atoms with van der Waals surface area (Å²) in [5.74, 6) is -0.596. The van der Waals surface area contributed by atoms with Gasteiger partial charge in [-0.2, -0.15) is 0 Å². The molecule has 4 heteroatoms. The fraction of sp³-hybridized carbons (Fsp3) is 0.357. The van der Waals surface area contributed by atoms with Crippen LogP contribution in [0.1, 0.15) is 25.5 Å². The second-order valence-corrected chi connectivity index (χ2v) is 3.84. The van der Waals surface area contributed by atoms with Crippen LogP contribution >= 0.6 is 0 Å². The second kappa shape index (κ2) is 7.61. The lowest BCUT2D eigenvalue weighted by molar-refractivity contribution is -0.137. The van der Waals surface area contributed by atoms with E-state index >= 15 is 0 Å². The van der Waals surface area contributed by atoms with Gasteiger partial charge in [-0.1, -0.05) is 18.2 Å². The summed E-state index contributed by atoms with van der Waals surface area (Å²) in [6.45, 7) is 4.59. The number of nitrogens with one attached hydrogen (secondary N) is 1. The Labute approximate surface area is 107 Å². The van der Waals surface area contributed by atoms with Crippen molar-refractivity contribution in [3.8, 4) is 0 Å². The fourth-order valence-electron chi connectivity index (χ4n) is 1.48. The maximum Gasteiger partial charge on any atom is 0.330 e. The molecule has 0 unspecified atom stereocenters. The monoisotopic (exact) mass is 251 g/mol. The molecule has 0 saturated carbocycles. The summed E-state index contributed by atoms with van der Waals surface area (Å²) >= 11 is 0. The van der Waals surface area contributed by atoms with Crippen molar-refractivity contribution in [2.75, 3.05) is 13.2 Å². The molecule has 0 aliphatic heterocycles. The Bertz CT molecular complexity index is 418. The van der Waals surface area contributed by atoms with Crippen molar-refractivity contribution < 1.29 is 13.9 Å². The van der Waals surface area contributed by atoms with Crippen LogP contribution in [0.25, 0.3) is 0 Å². The number of carbonyl (C=O) groups excluding carboxylic acids is 1. The molecule has 1 N–H and O–H groups in total. The third-order valence-corrected chi connectivity index (χ3v) is 2.43. The van der Waals surface area contributed by atoms with Gasteiger partial charge in [-0.25, -0.2) is 9.18 Å². The second-order valence-electron chi connectivity index (χ2n) is 3.84. The lowest BCUT2D eigenvalue weighted by Gasteiger charge is -2.12. The van der Waals surface area contributed by atoms with E-state index in [1.165, 1.54) is 18.2 Å². The Balaban J connectivity index is 2.37. The van der Waals surface area contributed by atoms with Crippen LogP contribution in [-0.4, -0.2) is 19.1 Å². The first-order valence-corrected chi connectivity index (χ1v) is 5.95. The number of esters is 1. The van der Waals surface area contributed by atoms with Gasteiger partial charge in [0.25, 0.3) is 0 Å². The van der Waals surface area contributed by atoms with E-state index in [0.717, 1.165) is 5.56 Å². The number of ether oxygens (including phenoxy) is 1. The molecule has 1 aromatic carbocycles. The summed E-state index contributed by atoms with van der Waals surface area (Å²) in [7, 11) is 0. The highest BCUT2D eigenvalue weighted by atomic mass is 19.1. The van der Waals surface area contributed by atoms with Crippen molar-refractivity contribution in [2.45, 2.75) is 19.9 Å². The standard InChI is InChI=1S/C14H18FNO2/c1-3-18-14(17)8-5-9-16-11(2)12-6-4-7-13(15)10-12/h4-8,10-11,16H,3,9H2,1-2H3/b8-5+/t11-/m0/s1. The summed E-state index contributed by atoms with van der Waals surface area (Å²) in [5.41, 5.74) is 0.875. The first-order valence-electron chi connectivity index (χ1n) is 5.95. The van der Waals surface area contributed by atoms with E-state index in [0.29, 0.717) is 13.2 Å². The predicted molar refractivity (Wildman–Crippen MR) is 68.6 cm³/mol. The van der Waals surface area contributed by atoms with E-state index in [4.69, 9.17) is 4.74 Å². The molecule has 1 aromatic rings. The summed E-state index contributed by atoms with van der Waals surface area (Å²) in [6, 6.07) is 6.46. The van der Waals surface area contributed by atoms with Crippen molar-refractivity contribution in [3.63, 3.8) is 0 Å². The van der Waals surface area contributed by atoms with E-state index in [1.807, 2.05) is 13.0 Å². The molecule has 0 aliphatic carbocycles. The summed E-state index contributed by atoms with van der Waals surface area (Å²) < 4.78 is 17.7. The molecule has 0 saturated heterocycles. The minimum absolute atomic E-state index is 0.0209. The van der Waals surface area contributed by atoms with Crippen LogP contribution in [0.5, 0.6) is 0 Å². The Hall–Kier alpha value is -1.68. The van der Waals surface area contributed by atoms with Crippen LogP contribution in [-0.2, 0) is 9.53 Å². The van der Waals surface area contributed by atoms with E-state index in [9.17, 15) is 9.18 Å². The summed E-state index contributed by atoms with van der Waals surface area (Å²) in [5, 5.41) is 3.16. The summed E-state index contributed by atoms with van der Waals surface area (Å²) in [6.07, 6.45) is 3.07. The van der Waals surface area contributed by atoms with Gasteiger partial charge in [0.2, 0.25) is 0 Å². The van der Waals surface area contributed by atoms with Crippen molar-refractivity contribution in [2.24, 2.45) is 0 Å². The zero-order valence-corrected chi connectivity index (χ0v) is 10.7. The van der Waals surface area contributed by atoms with Gasteiger partial charge in [0.15, 0.2) is 0 Å². The topological polar surface area (TPSA) is 38.3 Å². The van der Waals surface area contributed by atoms with Gasteiger partial charge < -0.3 is 10.1 Å². The molecule has 0 radical (unpaired) electrons. The molecule has 0 bridgehead atoms. The lowest BCUT2D eigenvalue weighted by atomic mass is 10.1. The van der Waals surface area contributed by atoms with Crippen molar-refractivity contribution in [1.82, 2.24) is 5.32 Å². The number of hydrogen-bond donors (Lipinski definition) is 1. The average Bonchev–Trinajstić information content (AvgIpc) is 2.35. The predicted octanol–water partition coefficient (Wildman–Crippen LogP) is 2.60. The molecular weight excluding hydrogens is 233 g/mol. The largest absolute Gasteiger partial charge is 0.463 e. The molecule has 0 fully saturated rings. The van der Waals surface area contributed by atoms with Crippen LogP contribution in [0.4, 0.5) is 4.39 Å². The smallest absolute Gasteiger partial charge is 0.330 e. The Morgan fingerprint density at radius 2 is 2.33 bits per heavy atom. The molecule has 0 heterocycles. The molecule has 1 rings (SSSR count). The maximum absolute atomic E-state index is 13.0. The quantitative estimate of drug-likeness (QED) is 0.624. The molecule has 0 amide bonds. The number of rotatable bonds is 6. The van der Waals surface area contributed by atoms with Crippen LogP contribution in [0, 0.1) is 5.82 Å². The molecule has 0 spiro atoms. The zero-order chi connectivity index (χ0) is 13.4. The minimum atomic E-state index is -0.349. The van der Waals surface area contributed by atoms with Crippen molar-refractivity contribution in [1.29, 1.82) is 0 Å². The Morgan fingerprint density at radius 3 is 3.00 bits per heavy atom. The van der Waals surface area contributed by atoms with Crippen LogP contribution < -0.4 is 5.32 Å². The highest BCUT2D eigenvalue weighted by Crippen LogP contribution is 2.12. The molecule has 1 atom stereocenters. The number of halogens is 1. The van der Waals surface area contributed by atoms with Crippen LogP contribution in [0.15, 0.2) is 36.4 Å². The fourth-order valence-corrected chi connectivity index (χ4v) is 1.48. The van der Waals surface area contributed by atoms with Gasteiger partial charge in [-0.15, -0.1) is 0 Å². The van der Waals surface area contributed by atoms with Crippen LogP contribution in [0.2, 0.25) is 0 Å². The lowest BCUT2D eigenvalue weighted by Crippen LogP contribution is -2.18. The van der Waals surface area contributed by atoms with Gasteiger partial charge >= 0.3 is 5.97 Å². The summed E-state index contributed by atoms with van der Waals surface area (Å²) in [4.78, 5) is 11.0. The van der Waals surface area contributed by atoms with Gasteiger partial charge in [0.05, 0.1) is 6.61 Å². The van der Waals surface area contributed by atoms with Crippen LogP contribution in [0.3, 0.4) is 0 Å². The highest BCUT2D eigenvalue weighted by Gasteiger charge is 2.04. The Morgan fingerprint density at radius 1 is 1.56 bits per heavy atom. The molecular formula is C14H18FNO2. The molecule has 0 aromatic heterocycles. The highest BCUT2D eigenvalue weighted by molar-refractivity contribution is 5.81. The SMILES string of the molecule is CCOC(=O)/C=C/CN[C@@H](C)c1cccc(F)c1. The van der Waals surface area contributed by atoms with E-state index in [2.05, 4.69) is 5.32 Å².